The van der Waals surface area contributed by atoms with Gasteiger partial charge < -0.3 is 19.2 Å². The minimum atomic E-state index is -2.59. The van der Waals surface area contributed by atoms with Crippen LogP contribution in [0.3, 0.4) is 0 Å². The number of hydrogen-bond donors (Lipinski definition) is 0. The van der Waals surface area contributed by atoms with E-state index in [1.165, 1.54) is 0 Å². The molecule has 0 N–H and O–H groups in total. The number of ether oxygens (including phenoxy) is 2. The number of anilines is 1. The van der Waals surface area contributed by atoms with Crippen molar-refractivity contribution in [1.82, 2.24) is 4.98 Å². The van der Waals surface area contributed by atoms with E-state index < -0.39 is 11.8 Å². The van der Waals surface area contributed by atoms with Gasteiger partial charge in [-0.1, -0.05) is 19.1 Å². The summed E-state index contributed by atoms with van der Waals surface area (Å²) >= 11 is 0. The van der Waals surface area contributed by atoms with Gasteiger partial charge in [-0.2, -0.15) is 0 Å². The third kappa shape index (κ3) is 5.19. The van der Waals surface area contributed by atoms with E-state index in [0.29, 0.717) is 12.3 Å². The fraction of sp³-hybridized carbons (Fsp3) is 0.520. The molecule has 2 aliphatic rings. The van der Waals surface area contributed by atoms with Gasteiger partial charge >= 0.3 is 0 Å². The maximum Gasteiger partial charge on any atom is 0.255 e. The molecule has 0 amide bonds. The minimum Gasteiger partial charge on any atom is -0.489 e. The Morgan fingerprint density at radius 3 is 2.66 bits per heavy atom. The number of ketones is 1. The number of benzene rings is 1. The predicted octanol–water partition coefficient (Wildman–Crippen LogP) is 5.16. The zero-order valence-electron chi connectivity index (χ0n) is 18.8. The van der Waals surface area contributed by atoms with Crippen LogP contribution in [0.5, 0.6) is 11.6 Å². The van der Waals surface area contributed by atoms with Crippen molar-refractivity contribution in [2.24, 2.45) is 5.92 Å². The molecule has 3 atom stereocenters. The highest BCUT2D eigenvalue weighted by atomic mass is 19.3. The van der Waals surface area contributed by atoms with Gasteiger partial charge in [-0.15, -0.1) is 0 Å². The number of carbonyl (C=O) groups is 1. The Hall–Kier alpha value is -2.70. The highest BCUT2D eigenvalue weighted by molar-refractivity contribution is 5.76. The van der Waals surface area contributed by atoms with Gasteiger partial charge in [0.15, 0.2) is 0 Å². The van der Waals surface area contributed by atoms with Gasteiger partial charge in [0.2, 0.25) is 5.88 Å². The summed E-state index contributed by atoms with van der Waals surface area (Å²) in [5, 5.41) is 0. The maximum absolute atomic E-state index is 13.1. The number of Topliss-reactive ketones (excluding diaryl/α,β-unsaturated/α-hetero) is 1. The molecule has 1 aliphatic heterocycles. The largest absolute Gasteiger partial charge is 0.489 e. The van der Waals surface area contributed by atoms with Crippen LogP contribution in [0.15, 0.2) is 36.5 Å². The van der Waals surface area contributed by atoms with Crippen LogP contribution in [0.4, 0.5) is 14.5 Å². The predicted molar refractivity (Wildman–Crippen MR) is 119 cm³/mol. The third-order valence-corrected chi connectivity index (χ3v) is 6.34. The Morgan fingerprint density at radius 1 is 1.28 bits per heavy atom. The average Bonchev–Trinajstić information content (AvgIpc) is 3.12. The number of halogens is 2. The van der Waals surface area contributed by atoms with Crippen LogP contribution in [0.1, 0.15) is 50.2 Å². The zero-order chi connectivity index (χ0) is 22.9. The monoisotopic (exact) mass is 444 g/mol. The summed E-state index contributed by atoms with van der Waals surface area (Å²) < 4.78 is 38.0. The average molecular weight is 445 g/mol. The van der Waals surface area contributed by atoms with Crippen LogP contribution in [0, 0.1) is 12.8 Å². The number of carbonyl (C=O) groups excluding carboxylic acids is 1. The molecule has 0 bridgehead atoms. The van der Waals surface area contributed by atoms with Gasteiger partial charge in [-0.05, 0) is 43.5 Å². The molecule has 1 aliphatic carbocycles. The van der Waals surface area contributed by atoms with E-state index in [-0.39, 0.29) is 30.8 Å². The van der Waals surface area contributed by atoms with Crippen LogP contribution in [-0.2, 0) is 4.79 Å². The summed E-state index contributed by atoms with van der Waals surface area (Å²) in [7, 11) is 0. The molecule has 5 nitrogen and oxygen atoms in total. The number of hydrogen-bond acceptors (Lipinski definition) is 5. The summed E-state index contributed by atoms with van der Waals surface area (Å²) in [5.74, 6) is -1.67. The number of pyridine rings is 1. The first-order valence-electron chi connectivity index (χ1n) is 11.2. The highest BCUT2D eigenvalue weighted by Gasteiger charge is 2.57. The van der Waals surface area contributed by atoms with Crippen molar-refractivity contribution in [1.29, 1.82) is 0 Å². The fourth-order valence-electron chi connectivity index (χ4n) is 4.28. The smallest absolute Gasteiger partial charge is 0.255 e. The Morgan fingerprint density at radius 2 is 2.00 bits per heavy atom. The molecule has 0 spiro atoms. The zero-order valence-corrected chi connectivity index (χ0v) is 18.8. The van der Waals surface area contributed by atoms with E-state index >= 15 is 0 Å². The van der Waals surface area contributed by atoms with Gasteiger partial charge in [0.1, 0.15) is 17.6 Å². The highest BCUT2D eigenvalue weighted by Crippen LogP contribution is 2.48. The Labute approximate surface area is 187 Å². The van der Waals surface area contributed by atoms with E-state index in [1.54, 1.807) is 13.1 Å². The van der Waals surface area contributed by atoms with E-state index in [9.17, 15) is 13.6 Å². The van der Waals surface area contributed by atoms with Crippen molar-refractivity contribution in [3.05, 3.63) is 47.7 Å². The van der Waals surface area contributed by atoms with Gasteiger partial charge in [0.05, 0.1) is 19.1 Å². The van der Waals surface area contributed by atoms with Crippen LogP contribution in [0.2, 0.25) is 0 Å². The summed E-state index contributed by atoms with van der Waals surface area (Å²) in [4.78, 5) is 17.8. The summed E-state index contributed by atoms with van der Waals surface area (Å²) in [5.41, 5.74) is 2.99. The van der Waals surface area contributed by atoms with Crippen LogP contribution in [0.25, 0.3) is 0 Å². The Bertz CT molecular complexity index is 964. The standard InChI is InChI=1S/C25H30F2N2O3/c1-16(12-17(2)30)19-4-6-21(7-5-19)32-22-9-11-29(14-22)23-8-10-28-24(18(23)3)31-15-20-13-25(20,26)27/h4-8,10,16,20,22H,9,11-15H2,1-3H3/t16-,20?,22-/m1/s1. The molecule has 32 heavy (non-hydrogen) atoms. The summed E-state index contributed by atoms with van der Waals surface area (Å²) in [6, 6.07) is 9.91. The molecule has 172 valence electrons. The molecule has 1 saturated heterocycles. The molecule has 1 saturated carbocycles. The molecule has 4 rings (SSSR count). The van der Waals surface area contributed by atoms with Crippen molar-refractivity contribution in [3.63, 3.8) is 0 Å². The quantitative estimate of drug-likeness (QED) is 0.535. The molecule has 1 unspecified atom stereocenters. The Balaban J connectivity index is 1.33. The number of rotatable bonds is 9. The Kier molecular flexibility index (Phi) is 6.35. The second-order valence-electron chi connectivity index (χ2n) is 9.08. The first kappa shape index (κ1) is 22.5. The first-order valence-corrected chi connectivity index (χ1v) is 11.2. The lowest BCUT2D eigenvalue weighted by molar-refractivity contribution is -0.117. The number of alkyl halides is 2. The minimum absolute atomic E-state index is 0.00292. The maximum atomic E-state index is 13.1. The van der Waals surface area contributed by atoms with Crippen molar-refractivity contribution in [2.45, 2.75) is 58.0 Å². The first-order chi connectivity index (χ1) is 15.2. The molecule has 7 heteroatoms. The van der Waals surface area contributed by atoms with Crippen molar-refractivity contribution in [2.75, 3.05) is 24.6 Å². The van der Waals surface area contributed by atoms with Crippen molar-refractivity contribution >= 4 is 11.5 Å². The fourth-order valence-corrected chi connectivity index (χ4v) is 4.28. The lowest BCUT2D eigenvalue weighted by atomic mass is 9.96. The van der Waals surface area contributed by atoms with E-state index in [2.05, 4.69) is 16.8 Å². The second-order valence-corrected chi connectivity index (χ2v) is 9.08. The third-order valence-electron chi connectivity index (χ3n) is 6.34. The summed E-state index contributed by atoms with van der Waals surface area (Å²) in [6.07, 6.45) is 3.04. The van der Waals surface area contributed by atoms with Crippen molar-refractivity contribution < 1.29 is 23.0 Å². The number of nitrogens with zero attached hydrogens (tertiary/aromatic N) is 2. The van der Waals surface area contributed by atoms with Gasteiger partial charge in [-0.25, -0.2) is 13.8 Å². The lowest BCUT2D eigenvalue weighted by Gasteiger charge is -2.22. The van der Waals surface area contributed by atoms with Gasteiger partial charge in [0.25, 0.3) is 5.92 Å². The molecular weight excluding hydrogens is 414 g/mol. The molecule has 2 fully saturated rings. The van der Waals surface area contributed by atoms with Gasteiger partial charge in [-0.3, -0.25) is 0 Å². The molecule has 2 aromatic rings. The van der Waals surface area contributed by atoms with Crippen LogP contribution >= 0.6 is 0 Å². The molecule has 1 aromatic carbocycles. The lowest BCUT2D eigenvalue weighted by Crippen LogP contribution is -2.25. The normalized spacial score (nSPS) is 22.5. The number of aromatic nitrogens is 1. The van der Waals surface area contributed by atoms with Crippen molar-refractivity contribution in [3.8, 4) is 11.6 Å². The second kappa shape index (κ2) is 9.04. The van der Waals surface area contributed by atoms with Gasteiger partial charge in [0, 0.05) is 43.3 Å². The van der Waals surface area contributed by atoms with E-state index in [4.69, 9.17) is 9.47 Å². The van der Waals surface area contributed by atoms with Crippen LogP contribution in [-0.4, -0.2) is 42.5 Å². The molecule has 1 aromatic heterocycles. The van der Waals surface area contributed by atoms with E-state index in [1.807, 2.05) is 37.3 Å². The molecule has 0 radical (unpaired) electrons. The summed E-state index contributed by atoms with van der Waals surface area (Å²) in [6.45, 7) is 7.15. The van der Waals surface area contributed by atoms with E-state index in [0.717, 1.165) is 42.1 Å². The SMILES string of the molecule is CC(=O)C[C@@H](C)c1ccc(O[C@@H]2CCN(c3ccnc(OCC4CC4(F)F)c3C)C2)cc1. The molecule has 2 heterocycles. The topological polar surface area (TPSA) is 51.7 Å². The molecular formula is C25H30F2N2O3. The van der Waals surface area contributed by atoms with Crippen LogP contribution < -0.4 is 14.4 Å².